The third kappa shape index (κ3) is 5.06. The summed E-state index contributed by atoms with van der Waals surface area (Å²) < 4.78 is 122. The molecule has 15 heteroatoms. The SMILES string of the molecule is O=C(N[n+]1ccc2ccccc2c1)c1cnc(OCC(F)(F)C(F)(F)C(F)(F)C(F)(F)F)c(Cl)c1. The number of hydrogen-bond acceptors (Lipinski definition) is 3. The van der Waals surface area contributed by atoms with Gasteiger partial charge in [0.25, 0.3) is 0 Å². The quantitative estimate of drug-likeness (QED) is 0.327. The molecule has 0 fully saturated rings. The highest BCUT2D eigenvalue weighted by Gasteiger charge is 2.81. The molecule has 1 N–H and O–H groups in total. The average Bonchev–Trinajstić information content (AvgIpc) is 2.77. The van der Waals surface area contributed by atoms with Crippen LogP contribution in [0.25, 0.3) is 10.8 Å². The van der Waals surface area contributed by atoms with Crippen LogP contribution in [-0.2, 0) is 0 Å². The number of halogens is 10. The van der Waals surface area contributed by atoms with E-state index in [1.807, 2.05) is 6.07 Å². The van der Waals surface area contributed by atoms with Crippen LogP contribution in [-0.4, -0.2) is 41.4 Å². The molecule has 0 radical (unpaired) electrons. The maximum absolute atomic E-state index is 13.6. The number of rotatable bonds is 7. The Labute approximate surface area is 195 Å². The maximum atomic E-state index is 13.6. The molecule has 5 nitrogen and oxygen atoms in total. The number of benzene rings is 1. The first kappa shape index (κ1) is 26.3. The van der Waals surface area contributed by atoms with Crippen molar-refractivity contribution in [3.63, 3.8) is 0 Å². The van der Waals surface area contributed by atoms with E-state index in [4.69, 9.17) is 11.6 Å². The molecule has 188 valence electrons. The fourth-order valence-corrected chi connectivity index (χ4v) is 2.92. The predicted octanol–water partition coefficient (Wildman–Crippen LogP) is 5.41. The molecule has 0 aliphatic carbocycles. The molecule has 0 saturated heterocycles. The lowest BCUT2D eigenvalue weighted by molar-refractivity contribution is -0.639. The second-order valence-corrected chi connectivity index (χ2v) is 7.48. The summed E-state index contributed by atoms with van der Waals surface area (Å²) in [5.74, 6) is -21.7. The summed E-state index contributed by atoms with van der Waals surface area (Å²) in [6.45, 7) is -2.61. The van der Waals surface area contributed by atoms with Crippen molar-refractivity contribution in [3.8, 4) is 5.88 Å². The van der Waals surface area contributed by atoms with Crippen LogP contribution in [0.1, 0.15) is 10.4 Å². The van der Waals surface area contributed by atoms with E-state index in [9.17, 15) is 44.3 Å². The number of alkyl halides is 9. The van der Waals surface area contributed by atoms with Crippen LogP contribution in [0.15, 0.2) is 55.0 Å². The maximum Gasteiger partial charge on any atom is 0.460 e. The van der Waals surface area contributed by atoms with Gasteiger partial charge in [-0.05, 0) is 17.5 Å². The van der Waals surface area contributed by atoms with Crippen LogP contribution in [0.2, 0.25) is 5.02 Å². The Morgan fingerprint density at radius 3 is 2.20 bits per heavy atom. The molecule has 0 aliphatic rings. The number of amides is 1. The lowest BCUT2D eigenvalue weighted by Gasteiger charge is -2.33. The van der Waals surface area contributed by atoms with Gasteiger partial charge >= 0.3 is 29.9 Å². The van der Waals surface area contributed by atoms with Gasteiger partial charge in [-0.25, -0.2) is 4.98 Å². The van der Waals surface area contributed by atoms with Crippen molar-refractivity contribution < 1.29 is 53.7 Å². The molecule has 2 aromatic heterocycles. The first-order valence-corrected chi connectivity index (χ1v) is 9.64. The summed E-state index contributed by atoms with van der Waals surface area (Å²) in [6.07, 6.45) is -3.14. The van der Waals surface area contributed by atoms with Gasteiger partial charge in [0, 0.05) is 17.6 Å². The van der Waals surface area contributed by atoms with Gasteiger partial charge < -0.3 is 4.74 Å². The third-order valence-corrected chi connectivity index (χ3v) is 4.86. The lowest BCUT2D eigenvalue weighted by Crippen LogP contribution is -2.62. The van der Waals surface area contributed by atoms with Gasteiger partial charge in [-0.15, -0.1) is 5.43 Å². The van der Waals surface area contributed by atoms with Gasteiger partial charge in [0.15, 0.2) is 6.61 Å². The Kier molecular flexibility index (Phi) is 6.81. The zero-order valence-electron chi connectivity index (χ0n) is 16.9. The molecule has 0 saturated carbocycles. The number of nitrogens with one attached hydrogen (secondary N) is 1. The molecule has 2 heterocycles. The van der Waals surface area contributed by atoms with Crippen molar-refractivity contribution >= 4 is 28.3 Å². The topological polar surface area (TPSA) is 55.1 Å². The van der Waals surface area contributed by atoms with Gasteiger partial charge in [0.05, 0.1) is 5.56 Å². The standard InChI is InChI=1S/C20H11ClF9N3O2/c21-14-7-13(15(34)32-33-6-5-11-3-1-2-4-12(11)9-33)8-31-16(14)35-10-17(22,23)18(24,25)19(26,27)20(28,29)30/h1-9H,10H2/p+1. The zero-order chi connectivity index (χ0) is 26.2. The molecule has 0 aliphatic heterocycles. The monoisotopic (exact) mass is 532 g/mol. The second-order valence-electron chi connectivity index (χ2n) is 7.07. The van der Waals surface area contributed by atoms with Gasteiger partial charge in [-0.3, -0.25) is 4.79 Å². The van der Waals surface area contributed by atoms with Crippen LogP contribution in [0, 0.1) is 0 Å². The van der Waals surface area contributed by atoms with Crippen molar-refractivity contribution in [2.75, 3.05) is 12.0 Å². The molecule has 3 rings (SSSR count). The summed E-state index contributed by atoms with van der Waals surface area (Å²) >= 11 is 5.73. The smallest absolute Gasteiger partial charge is 0.460 e. The number of hydrogen-bond donors (Lipinski definition) is 1. The van der Waals surface area contributed by atoms with Gasteiger partial charge in [-0.2, -0.15) is 39.5 Å². The summed E-state index contributed by atoms with van der Waals surface area (Å²) in [5.41, 5.74) is 2.19. The van der Waals surface area contributed by atoms with E-state index in [1.165, 1.54) is 10.9 Å². The number of aromatic nitrogens is 2. The zero-order valence-corrected chi connectivity index (χ0v) is 17.6. The van der Waals surface area contributed by atoms with Crippen molar-refractivity contribution in [1.82, 2.24) is 4.98 Å². The number of pyridine rings is 2. The van der Waals surface area contributed by atoms with Crippen molar-refractivity contribution in [1.29, 1.82) is 0 Å². The van der Waals surface area contributed by atoms with E-state index in [0.29, 0.717) is 0 Å². The Hall–Kier alpha value is -3.29. The summed E-state index contributed by atoms with van der Waals surface area (Å²) in [7, 11) is 0. The van der Waals surface area contributed by atoms with E-state index in [1.54, 1.807) is 30.5 Å². The number of carbonyl (C=O) groups is 1. The van der Waals surface area contributed by atoms with Crippen LogP contribution in [0.4, 0.5) is 39.5 Å². The number of fused-ring (bicyclic) bond motifs is 1. The number of carbonyl (C=O) groups excluding carboxylic acids is 1. The fraction of sp³-hybridized carbons (Fsp3) is 0.250. The van der Waals surface area contributed by atoms with Crippen molar-refractivity contribution in [2.24, 2.45) is 0 Å². The Bertz CT molecular complexity index is 1250. The molecular weight excluding hydrogens is 521 g/mol. The van der Waals surface area contributed by atoms with E-state index in [2.05, 4.69) is 15.1 Å². The molecule has 35 heavy (non-hydrogen) atoms. The summed E-state index contributed by atoms with van der Waals surface area (Å²) in [6, 6.07) is 9.69. The summed E-state index contributed by atoms with van der Waals surface area (Å²) in [4.78, 5) is 15.8. The predicted molar refractivity (Wildman–Crippen MR) is 103 cm³/mol. The third-order valence-electron chi connectivity index (χ3n) is 4.59. The van der Waals surface area contributed by atoms with Crippen molar-refractivity contribution in [3.05, 3.63) is 65.6 Å². The lowest BCUT2D eigenvalue weighted by atomic mass is 10.0. The van der Waals surface area contributed by atoms with Gasteiger partial charge in [0.2, 0.25) is 18.3 Å². The van der Waals surface area contributed by atoms with Gasteiger partial charge in [0.1, 0.15) is 5.02 Å². The second kappa shape index (κ2) is 9.06. The molecule has 0 atom stereocenters. The molecule has 0 spiro atoms. The Morgan fingerprint density at radius 2 is 1.60 bits per heavy atom. The highest BCUT2D eigenvalue weighted by atomic mass is 35.5. The van der Waals surface area contributed by atoms with Crippen LogP contribution >= 0.6 is 11.6 Å². The molecule has 1 aromatic carbocycles. The number of ether oxygens (including phenoxy) is 1. The van der Waals surface area contributed by atoms with Gasteiger partial charge in [-0.1, -0.05) is 34.5 Å². The first-order valence-electron chi connectivity index (χ1n) is 9.27. The molecule has 1 amide bonds. The van der Waals surface area contributed by atoms with Crippen LogP contribution in [0.3, 0.4) is 0 Å². The van der Waals surface area contributed by atoms with E-state index < -0.39 is 47.4 Å². The minimum atomic E-state index is -7.05. The Balaban J connectivity index is 1.72. The highest BCUT2D eigenvalue weighted by molar-refractivity contribution is 6.32. The minimum Gasteiger partial charge on any atom is -0.470 e. The van der Waals surface area contributed by atoms with E-state index in [-0.39, 0.29) is 5.56 Å². The van der Waals surface area contributed by atoms with E-state index >= 15 is 0 Å². The van der Waals surface area contributed by atoms with Crippen LogP contribution in [0.5, 0.6) is 5.88 Å². The fourth-order valence-electron chi connectivity index (χ4n) is 2.70. The molecule has 3 aromatic rings. The average molecular weight is 533 g/mol. The number of nitrogens with zero attached hydrogens (tertiary/aromatic N) is 2. The normalized spacial score (nSPS) is 13.1. The molecular formula is C20H12ClF9N3O2+. The minimum absolute atomic E-state index is 0.247. The van der Waals surface area contributed by atoms with E-state index in [0.717, 1.165) is 23.0 Å². The molecule has 0 unspecified atom stereocenters. The summed E-state index contributed by atoms with van der Waals surface area (Å²) in [5, 5.41) is 0.964. The largest absolute Gasteiger partial charge is 0.470 e. The van der Waals surface area contributed by atoms with Crippen LogP contribution < -0.4 is 14.8 Å². The first-order chi connectivity index (χ1) is 16.1. The van der Waals surface area contributed by atoms with Crippen molar-refractivity contribution in [2.45, 2.75) is 23.9 Å². The highest BCUT2D eigenvalue weighted by Crippen LogP contribution is 2.53. The Morgan fingerprint density at radius 1 is 0.971 bits per heavy atom. The molecule has 0 bridgehead atoms.